The van der Waals surface area contributed by atoms with E-state index in [-0.39, 0.29) is 23.4 Å². The van der Waals surface area contributed by atoms with Crippen LogP contribution in [0, 0.1) is 16.0 Å². The second kappa shape index (κ2) is 6.59. The lowest BCUT2D eigenvalue weighted by Crippen LogP contribution is -2.51. The maximum absolute atomic E-state index is 13.1. The molecule has 2 amide bonds. The van der Waals surface area contributed by atoms with Crippen molar-refractivity contribution in [3.8, 4) is 0 Å². The summed E-state index contributed by atoms with van der Waals surface area (Å²) in [7, 11) is 0. The molecule has 1 atom stereocenters. The van der Waals surface area contributed by atoms with Gasteiger partial charge in [0.15, 0.2) is 0 Å². The molecule has 1 unspecified atom stereocenters. The summed E-state index contributed by atoms with van der Waals surface area (Å²) in [6, 6.07) is 4.09. The highest BCUT2D eigenvalue weighted by atomic mass is 16.6. The van der Waals surface area contributed by atoms with Crippen LogP contribution >= 0.6 is 0 Å². The lowest BCUT2D eigenvalue weighted by Gasteiger charge is -2.28. The van der Waals surface area contributed by atoms with Crippen molar-refractivity contribution in [2.75, 3.05) is 11.4 Å². The van der Waals surface area contributed by atoms with E-state index in [1.54, 1.807) is 11.0 Å². The van der Waals surface area contributed by atoms with E-state index < -0.39 is 11.0 Å². The second-order valence-corrected chi connectivity index (χ2v) is 6.53. The first kappa shape index (κ1) is 16.4. The standard InChI is InChI=1S/C17H21N3O4/c1-11(21)18-16(13-4-2-3-5-13)17(22)19-9-8-12-6-7-14(20(23)24)10-15(12)19/h6-7,10,13,16H,2-5,8-9H2,1H3,(H,18,21). The van der Waals surface area contributed by atoms with Gasteiger partial charge < -0.3 is 10.2 Å². The molecule has 0 bridgehead atoms. The molecule has 7 heteroatoms. The molecule has 7 nitrogen and oxygen atoms in total. The Labute approximate surface area is 140 Å². The predicted octanol–water partition coefficient (Wildman–Crippen LogP) is 2.18. The van der Waals surface area contributed by atoms with Crippen LogP contribution in [0.4, 0.5) is 11.4 Å². The molecule has 128 valence electrons. The highest BCUT2D eigenvalue weighted by Crippen LogP contribution is 2.34. The number of rotatable bonds is 4. The first-order valence-electron chi connectivity index (χ1n) is 8.33. The molecule has 2 aliphatic rings. The molecule has 24 heavy (non-hydrogen) atoms. The zero-order chi connectivity index (χ0) is 17.3. The number of anilines is 1. The molecular weight excluding hydrogens is 310 g/mol. The van der Waals surface area contributed by atoms with Crippen LogP contribution in [0.2, 0.25) is 0 Å². The number of nitro benzene ring substituents is 1. The third kappa shape index (κ3) is 3.11. The number of carbonyl (C=O) groups is 2. The summed E-state index contributed by atoms with van der Waals surface area (Å²) in [4.78, 5) is 36.8. The SMILES string of the molecule is CC(=O)NC(C(=O)N1CCc2ccc([N+](=O)[O-])cc21)C1CCCC1. The minimum atomic E-state index is -0.546. The van der Waals surface area contributed by atoms with Gasteiger partial charge in [-0.2, -0.15) is 0 Å². The number of non-ortho nitro benzene ring substituents is 1. The van der Waals surface area contributed by atoms with Crippen molar-refractivity contribution < 1.29 is 14.5 Å². The Morgan fingerprint density at radius 3 is 2.67 bits per heavy atom. The number of amides is 2. The van der Waals surface area contributed by atoms with E-state index in [0.717, 1.165) is 31.2 Å². The van der Waals surface area contributed by atoms with Gasteiger partial charge in [0.1, 0.15) is 6.04 Å². The van der Waals surface area contributed by atoms with Crippen LogP contribution in [0.25, 0.3) is 0 Å². The van der Waals surface area contributed by atoms with E-state index >= 15 is 0 Å². The summed E-state index contributed by atoms with van der Waals surface area (Å²) in [5.41, 5.74) is 1.51. The van der Waals surface area contributed by atoms with E-state index in [9.17, 15) is 19.7 Å². The molecule has 1 saturated carbocycles. The monoisotopic (exact) mass is 331 g/mol. The maximum Gasteiger partial charge on any atom is 0.271 e. The van der Waals surface area contributed by atoms with Crippen LogP contribution in [-0.2, 0) is 16.0 Å². The number of carbonyl (C=O) groups excluding carboxylic acids is 2. The van der Waals surface area contributed by atoms with Crippen LogP contribution in [0.5, 0.6) is 0 Å². The van der Waals surface area contributed by atoms with Gasteiger partial charge >= 0.3 is 0 Å². The van der Waals surface area contributed by atoms with Gasteiger partial charge in [-0.05, 0) is 30.7 Å². The average Bonchev–Trinajstić information content (AvgIpc) is 3.20. The third-order valence-corrected chi connectivity index (χ3v) is 4.94. The number of hydrogen-bond acceptors (Lipinski definition) is 4. The zero-order valence-electron chi connectivity index (χ0n) is 13.7. The number of nitro groups is 1. The van der Waals surface area contributed by atoms with Gasteiger partial charge in [0.2, 0.25) is 11.8 Å². The minimum Gasteiger partial charge on any atom is -0.344 e. The Hall–Kier alpha value is -2.44. The van der Waals surface area contributed by atoms with Crippen molar-refractivity contribution in [3.05, 3.63) is 33.9 Å². The van der Waals surface area contributed by atoms with Crippen molar-refractivity contribution in [1.29, 1.82) is 0 Å². The number of nitrogens with one attached hydrogen (secondary N) is 1. The summed E-state index contributed by atoms with van der Waals surface area (Å²) in [6.07, 6.45) is 4.65. The number of fused-ring (bicyclic) bond motifs is 1. The van der Waals surface area contributed by atoms with Gasteiger partial charge in [0.05, 0.1) is 10.6 Å². The van der Waals surface area contributed by atoms with Gasteiger partial charge in [-0.25, -0.2) is 0 Å². The van der Waals surface area contributed by atoms with E-state index in [1.165, 1.54) is 19.1 Å². The van der Waals surface area contributed by atoms with Gasteiger partial charge in [0, 0.05) is 25.6 Å². The van der Waals surface area contributed by atoms with Crippen molar-refractivity contribution in [2.24, 2.45) is 5.92 Å². The Morgan fingerprint density at radius 2 is 2.04 bits per heavy atom. The van der Waals surface area contributed by atoms with E-state index in [4.69, 9.17) is 0 Å². The summed E-state index contributed by atoms with van der Waals surface area (Å²) >= 11 is 0. The summed E-state index contributed by atoms with van der Waals surface area (Å²) in [5, 5.41) is 13.8. The van der Waals surface area contributed by atoms with Crippen LogP contribution in [0.1, 0.15) is 38.2 Å². The fraction of sp³-hybridized carbons (Fsp3) is 0.529. The second-order valence-electron chi connectivity index (χ2n) is 6.53. The molecule has 1 N–H and O–H groups in total. The van der Waals surface area contributed by atoms with Crippen LogP contribution in [0.3, 0.4) is 0 Å². The summed E-state index contributed by atoms with van der Waals surface area (Å²) in [6.45, 7) is 1.91. The fourth-order valence-corrected chi connectivity index (χ4v) is 3.77. The van der Waals surface area contributed by atoms with E-state index in [2.05, 4.69) is 5.32 Å². The van der Waals surface area contributed by atoms with Crippen LogP contribution in [-0.4, -0.2) is 29.3 Å². The van der Waals surface area contributed by atoms with Gasteiger partial charge in [0.25, 0.3) is 5.69 Å². The summed E-state index contributed by atoms with van der Waals surface area (Å²) in [5.74, 6) is -0.237. The Kier molecular flexibility index (Phi) is 4.51. The largest absolute Gasteiger partial charge is 0.344 e. The molecule has 0 spiro atoms. The first-order valence-corrected chi connectivity index (χ1v) is 8.33. The number of benzene rings is 1. The van der Waals surface area contributed by atoms with Gasteiger partial charge in [-0.15, -0.1) is 0 Å². The van der Waals surface area contributed by atoms with Crippen molar-refractivity contribution in [1.82, 2.24) is 5.32 Å². The molecule has 1 fully saturated rings. The Bertz CT molecular complexity index is 682. The average molecular weight is 331 g/mol. The minimum absolute atomic E-state index is 0.0228. The highest BCUT2D eigenvalue weighted by molar-refractivity contribution is 6.01. The molecule has 1 heterocycles. The molecule has 1 aromatic carbocycles. The molecular formula is C17H21N3O4. The van der Waals surface area contributed by atoms with Crippen molar-refractivity contribution in [3.63, 3.8) is 0 Å². The third-order valence-electron chi connectivity index (χ3n) is 4.94. The molecule has 1 aliphatic carbocycles. The lowest BCUT2D eigenvalue weighted by molar-refractivity contribution is -0.384. The van der Waals surface area contributed by atoms with Crippen molar-refractivity contribution in [2.45, 2.75) is 45.1 Å². The Morgan fingerprint density at radius 1 is 1.33 bits per heavy atom. The quantitative estimate of drug-likeness (QED) is 0.676. The molecule has 0 saturated heterocycles. The van der Waals surface area contributed by atoms with Gasteiger partial charge in [-0.3, -0.25) is 19.7 Å². The molecule has 1 aliphatic heterocycles. The molecule has 1 aromatic rings. The number of hydrogen-bond donors (Lipinski definition) is 1. The summed E-state index contributed by atoms with van der Waals surface area (Å²) < 4.78 is 0. The maximum atomic E-state index is 13.1. The van der Waals surface area contributed by atoms with Crippen LogP contribution < -0.4 is 10.2 Å². The van der Waals surface area contributed by atoms with E-state index in [1.807, 2.05) is 0 Å². The van der Waals surface area contributed by atoms with Crippen molar-refractivity contribution >= 4 is 23.2 Å². The topological polar surface area (TPSA) is 92.6 Å². The molecule has 3 rings (SSSR count). The van der Waals surface area contributed by atoms with Gasteiger partial charge in [-0.1, -0.05) is 18.9 Å². The Balaban J connectivity index is 1.88. The lowest BCUT2D eigenvalue weighted by atomic mass is 9.96. The zero-order valence-corrected chi connectivity index (χ0v) is 13.7. The first-order chi connectivity index (χ1) is 11.5. The predicted molar refractivity (Wildman–Crippen MR) is 88.7 cm³/mol. The fourth-order valence-electron chi connectivity index (χ4n) is 3.77. The highest BCUT2D eigenvalue weighted by Gasteiger charge is 2.37. The van der Waals surface area contributed by atoms with Crippen LogP contribution in [0.15, 0.2) is 18.2 Å². The normalized spacial score (nSPS) is 18.3. The van der Waals surface area contributed by atoms with E-state index in [0.29, 0.717) is 18.7 Å². The number of nitrogens with zero attached hydrogens (tertiary/aromatic N) is 2. The molecule has 0 aromatic heterocycles. The smallest absolute Gasteiger partial charge is 0.271 e. The molecule has 0 radical (unpaired) electrons.